The van der Waals surface area contributed by atoms with E-state index in [1.807, 2.05) is 6.92 Å². The minimum atomic E-state index is -0.658. The summed E-state index contributed by atoms with van der Waals surface area (Å²) in [5, 5.41) is 11.2. The molecule has 21 heavy (non-hydrogen) atoms. The van der Waals surface area contributed by atoms with Crippen molar-refractivity contribution in [2.75, 3.05) is 6.61 Å². The molecule has 1 aliphatic rings. The van der Waals surface area contributed by atoms with Gasteiger partial charge in [-0.3, -0.25) is 0 Å². The molecular formula is C17H24ClFO2. The zero-order valence-electron chi connectivity index (χ0n) is 12.6. The first-order valence-electron chi connectivity index (χ1n) is 7.83. The summed E-state index contributed by atoms with van der Waals surface area (Å²) in [5.41, 5.74) is 0.133. The van der Waals surface area contributed by atoms with E-state index in [1.165, 1.54) is 25.0 Å². The van der Waals surface area contributed by atoms with Gasteiger partial charge in [-0.1, -0.05) is 37.3 Å². The number of hydrogen-bond donors (Lipinski definition) is 1. The third-order valence-electron chi connectivity index (χ3n) is 4.41. The van der Waals surface area contributed by atoms with Gasteiger partial charge >= 0.3 is 0 Å². The normalized spacial score (nSPS) is 20.0. The Morgan fingerprint density at radius 3 is 2.57 bits per heavy atom. The minimum absolute atomic E-state index is 0.326. The van der Waals surface area contributed by atoms with Crippen LogP contribution in [0.1, 0.15) is 51.0 Å². The first-order chi connectivity index (χ1) is 10.1. The van der Waals surface area contributed by atoms with E-state index in [2.05, 4.69) is 0 Å². The van der Waals surface area contributed by atoms with Gasteiger partial charge in [-0.05, 0) is 43.5 Å². The molecule has 1 aliphatic carbocycles. The standard InChI is InChI=1S/C17H24ClFO2/c1-2-21-17(9-5-3-4-6-10-17)16(20)12-13-11-14(19)7-8-15(13)18/h7-8,11,16,20H,2-6,9-10,12H2,1H3. The van der Waals surface area contributed by atoms with Gasteiger partial charge in [0.15, 0.2) is 0 Å². The minimum Gasteiger partial charge on any atom is -0.390 e. The number of halogens is 2. The van der Waals surface area contributed by atoms with Gasteiger partial charge in [0.25, 0.3) is 0 Å². The molecule has 1 N–H and O–H groups in total. The van der Waals surface area contributed by atoms with Crippen LogP contribution in [0.2, 0.25) is 5.02 Å². The van der Waals surface area contributed by atoms with Crippen LogP contribution in [0.15, 0.2) is 18.2 Å². The molecule has 0 radical (unpaired) electrons. The highest BCUT2D eigenvalue weighted by molar-refractivity contribution is 6.31. The van der Waals surface area contributed by atoms with Crippen LogP contribution in [0.4, 0.5) is 4.39 Å². The van der Waals surface area contributed by atoms with Crippen molar-refractivity contribution >= 4 is 11.6 Å². The van der Waals surface area contributed by atoms with Crippen molar-refractivity contribution < 1.29 is 14.2 Å². The fourth-order valence-electron chi connectivity index (χ4n) is 3.28. The third-order valence-corrected chi connectivity index (χ3v) is 4.78. The summed E-state index contributed by atoms with van der Waals surface area (Å²) in [6, 6.07) is 4.28. The summed E-state index contributed by atoms with van der Waals surface area (Å²) in [4.78, 5) is 0. The lowest BCUT2D eigenvalue weighted by Gasteiger charge is -2.37. The van der Waals surface area contributed by atoms with Gasteiger partial charge in [0.2, 0.25) is 0 Å². The maximum atomic E-state index is 13.4. The van der Waals surface area contributed by atoms with Gasteiger partial charge in [-0.25, -0.2) is 4.39 Å². The fourth-order valence-corrected chi connectivity index (χ4v) is 3.48. The van der Waals surface area contributed by atoms with E-state index in [0.717, 1.165) is 25.7 Å². The second kappa shape index (κ2) is 7.57. The number of benzene rings is 1. The predicted octanol–water partition coefficient (Wildman–Crippen LogP) is 4.51. The molecule has 0 aromatic heterocycles. The molecule has 2 nitrogen and oxygen atoms in total. The van der Waals surface area contributed by atoms with E-state index in [1.54, 1.807) is 6.07 Å². The molecule has 118 valence electrons. The van der Waals surface area contributed by atoms with Gasteiger partial charge in [0, 0.05) is 18.1 Å². The van der Waals surface area contributed by atoms with E-state index in [-0.39, 0.29) is 5.82 Å². The van der Waals surface area contributed by atoms with Crippen LogP contribution < -0.4 is 0 Å². The van der Waals surface area contributed by atoms with E-state index >= 15 is 0 Å². The van der Waals surface area contributed by atoms with Crippen molar-refractivity contribution in [3.05, 3.63) is 34.6 Å². The van der Waals surface area contributed by atoms with Crippen LogP contribution in [-0.4, -0.2) is 23.4 Å². The van der Waals surface area contributed by atoms with Crippen molar-refractivity contribution in [1.29, 1.82) is 0 Å². The Kier molecular flexibility index (Phi) is 6.03. The Morgan fingerprint density at radius 1 is 1.29 bits per heavy atom. The van der Waals surface area contributed by atoms with Crippen LogP contribution in [0.3, 0.4) is 0 Å². The van der Waals surface area contributed by atoms with Crippen molar-refractivity contribution in [1.82, 2.24) is 0 Å². The molecule has 1 unspecified atom stereocenters. The molecule has 0 bridgehead atoms. The van der Waals surface area contributed by atoms with Crippen molar-refractivity contribution in [2.24, 2.45) is 0 Å². The lowest BCUT2D eigenvalue weighted by molar-refractivity contribution is -0.128. The van der Waals surface area contributed by atoms with E-state index in [4.69, 9.17) is 16.3 Å². The molecule has 1 aromatic rings. The van der Waals surface area contributed by atoms with Gasteiger partial charge in [0.1, 0.15) is 5.82 Å². The molecule has 0 aliphatic heterocycles. The van der Waals surface area contributed by atoms with E-state index in [0.29, 0.717) is 23.6 Å². The molecule has 4 heteroatoms. The summed E-state index contributed by atoms with van der Waals surface area (Å²) in [6.07, 6.45) is 5.88. The first kappa shape index (κ1) is 16.7. The van der Waals surface area contributed by atoms with Crippen molar-refractivity contribution in [2.45, 2.75) is 63.6 Å². The van der Waals surface area contributed by atoms with Gasteiger partial charge < -0.3 is 9.84 Å². The van der Waals surface area contributed by atoms with Crippen LogP contribution in [0.5, 0.6) is 0 Å². The smallest absolute Gasteiger partial charge is 0.123 e. The van der Waals surface area contributed by atoms with Crippen LogP contribution >= 0.6 is 11.6 Å². The molecule has 0 heterocycles. The summed E-state index contributed by atoms with van der Waals surface area (Å²) in [7, 11) is 0. The van der Waals surface area contributed by atoms with Gasteiger partial charge in [-0.15, -0.1) is 0 Å². The predicted molar refractivity (Wildman–Crippen MR) is 83.2 cm³/mol. The molecule has 0 amide bonds. The number of ether oxygens (including phenoxy) is 1. The largest absolute Gasteiger partial charge is 0.390 e. The van der Waals surface area contributed by atoms with Gasteiger partial charge in [-0.2, -0.15) is 0 Å². The highest BCUT2D eigenvalue weighted by atomic mass is 35.5. The van der Waals surface area contributed by atoms with Crippen LogP contribution in [-0.2, 0) is 11.2 Å². The Hall–Kier alpha value is -0.640. The average molecular weight is 315 g/mol. The van der Waals surface area contributed by atoms with E-state index in [9.17, 15) is 9.50 Å². The second-order valence-electron chi connectivity index (χ2n) is 5.87. The first-order valence-corrected chi connectivity index (χ1v) is 8.21. The molecular weight excluding hydrogens is 291 g/mol. The lowest BCUT2D eigenvalue weighted by atomic mass is 9.84. The highest BCUT2D eigenvalue weighted by Crippen LogP contribution is 2.35. The topological polar surface area (TPSA) is 29.5 Å². The molecule has 1 fully saturated rings. The number of aliphatic hydroxyl groups is 1. The molecule has 1 saturated carbocycles. The summed E-state index contributed by atoms with van der Waals surface area (Å²) in [6.45, 7) is 2.53. The van der Waals surface area contributed by atoms with Crippen LogP contribution in [0, 0.1) is 5.82 Å². The highest BCUT2D eigenvalue weighted by Gasteiger charge is 2.39. The van der Waals surface area contributed by atoms with Crippen molar-refractivity contribution in [3.8, 4) is 0 Å². The quantitative estimate of drug-likeness (QED) is 0.810. The zero-order valence-corrected chi connectivity index (χ0v) is 13.3. The molecule has 2 rings (SSSR count). The van der Waals surface area contributed by atoms with E-state index < -0.39 is 11.7 Å². The summed E-state index contributed by atoms with van der Waals surface area (Å²) in [5.74, 6) is -0.326. The maximum absolute atomic E-state index is 13.4. The molecule has 0 spiro atoms. The zero-order chi connectivity index (χ0) is 15.3. The fraction of sp³-hybridized carbons (Fsp3) is 0.647. The van der Waals surface area contributed by atoms with Crippen molar-refractivity contribution in [3.63, 3.8) is 0 Å². The molecule has 1 aromatic carbocycles. The second-order valence-corrected chi connectivity index (χ2v) is 6.27. The Bertz CT molecular complexity index is 456. The van der Waals surface area contributed by atoms with Crippen LogP contribution in [0.25, 0.3) is 0 Å². The lowest BCUT2D eigenvalue weighted by Crippen LogP contribution is -2.46. The van der Waals surface area contributed by atoms with Gasteiger partial charge in [0.05, 0.1) is 11.7 Å². The third kappa shape index (κ3) is 4.18. The Labute approximate surface area is 131 Å². The SMILES string of the molecule is CCOC1(C(O)Cc2cc(F)ccc2Cl)CCCCCC1. The maximum Gasteiger partial charge on any atom is 0.123 e. The number of aliphatic hydroxyl groups excluding tert-OH is 1. The molecule has 1 atom stereocenters. The molecule has 0 saturated heterocycles. The monoisotopic (exact) mass is 314 g/mol. The Balaban J connectivity index is 2.17. The summed E-state index contributed by atoms with van der Waals surface area (Å²) < 4.78 is 19.3. The summed E-state index contributed by atoms with van der Waals surface area (Å²) >= 11 is 6.12. The Morgan fingerprint density at radius 2 is 1.95 bits per heavy atom. The number of hydrogen-bond acceptors (Lipinski definition) is 2. The number of rotatable bonds is 5. The average Bonchev–Trinajstić information content (AvgIpc) is 2.70.